The van der Waals surface area contributed by atoms with Crippen LogP contribution in [-0.2, 0) is 35.7 Å². The number of nitrogens with zero attached hydrogens (tertiary/aromatic N) is 6. The normalized spacial score (nSPS) is 20.0. The number of nitro benzene ring substituents is 1. The second-order valence-electron chi connectivity index (χ2n) is 20.9. The van der Waals surface area contributed by atoms with Gasteiger partial charge in [-0.25, -0.2) is 13.1 Å². The largest absolute Gasteiger partial charge is 0.476 e. The highest BCUT2D eigenvalue weighted by molar-refractivity contribution is 7.90. The molecule has 2 aromatic heterocycles. The standard InChI is InChI=1S/C53H67ClN8O10SSi/c1-53(68-2)17-15-44(37-7-9-40(54)10-8-37)39(32-53)34-58-20-22-59(23-21-58)41-11-13-45(51(63)57-73(66,67)43-12-14-46(48(31-43)62(64)65)55-33-42-35-69-25-26-71-42)47(30-41)61-18-6-24-72-52-49(61)29-38-16-19-60(50(38)56-52)36-70-27-28-74(3,4)5/h7-14,16,19,29-31,42,55H,6,15,17-18,20-28,32-36H2,1-5H3,(H,57,63)/t42-,53?/m0/s1. The minimum atomic E-state index is -4.63. The molecule has 3 aromatic carbocycles. The molecule has 2 saturated heterocycles. The van der Waals surface area contributed by atoms with Crippen molar-refractivity contribution in [2.75, 3.05) is 101 Å². The first-order valence-electron chi connectivity index (χ1n) is 25.4. The zero-order chi connectivity index (χ0) is 52.2. The first-order valence-corrected chi connectivity index (χ1v) is 30.9. The van der Waals surface area contributed by atoms with E-state index in [-0.39, 0.29) is 29.5 Å². The fourth-order valence-electron chi connectivity index (χ4n) is 9.99. The van der Waals surface area contributed by atoms with Gasteiger partial charge < -0.3 is 43.4 Å². The number of allylic oxidation sites excluding steroid dienone is 1. The topological polar surface area (TPSA) is 192 Å². The molecule has 2 atom stereocenters. The Kier molecular flexibility index (Phi) is 16.3. The highest BCUT2D eigenvalue weighted by Crippen LogP contribution is 2.42. The molecule has 4 aliphatic rings. The third-order valence-electron chi connectivity index (χ3n) is 14.3. The van der Waals surface area contributed by atoms with E-state index in [1.807, 2.05) is 52.1 Å². The van der Waals surface area contributed by atoms with Crippen LogP contribution in [0.1, 0.15) is 48.5 Å². The van der Waals surface area contributed by atoms with Gasteiger partial charge in [0.15, 0.2) is 0 Å². The first-order chi connectivity index (χ1) is 35.5. The molecule has 3 aliphatic heterocycles. The molecule has 0 bridgehead atoms. The zero-order valence-corrected chi connectivity index (χ0v) is 45.4. The van der Waals surface area contributed by atoms with Crippen LogP contribution in [0.2, 0.25) is 30.7 Å². The first kappa shape index (κ1) is 53.3. The Morgan fingerprint density at radius 3 is 2.51 bits per heavy atom. The Labute approximate surface area is 439 Å². The number of carbonyl (C=O) groups is 1. The number of amides is 1. The Morgan fingerprint density at radius 2 is 1.78 bits per heavy atom. The van der Waals surface area contributed by atoms with Crippen LogP contribution < -0.4 is 24.6 Å². The monoisotopic (exact) mass is 1070 g/mol. The fraction of sp³-hybridized carbons (Fsp3) is 0.472. The number of halogens is 1. The number of sulfonamides is 1. The molecule has 1 amide bonds. The number of piperazine rings is 1. The van der Waals surface area contributed by atoms with E-state index in [0.29, 0.717) is 93.7 Å². The fourth-order valence-corrected chi connectivity index (χ4v) is 11.9. The van der Waals surface area contributed by atoms with Crippen molar-refractivity contribution in [2.24, 2.45) is 0 Å². The quantitative estimate of drug-likeness (QED) is 0.0366. The molecular formula is C53H67ClN8O10SSi. The predicted molar refractivity (Wildman–Crippen MR) is 290 cm³/mol. The highest BCUT2D eigenvalue weighted by Gasteiger charge is 2.34. The molecule has 0 saturated carbocycles. The third-order valence-corrected chi connectivity index (χ3v) is 17.6. The van der Waals surface area contributed by atoms with E-state index in [2.05, 4.69) is 58.5 Å². The van der Waals surface area contributed by atoms with Gasteiger partial charge in [-0.15, -0.1) is 0 Å². The van der Waals surface area contributed by atoms with Crippen LogP contribution in [0, 0.1) is 10.1 Å². The molecule has 396 valence electrons. The zero-order valence-electron chi connectivity index (χ0n) is 42.9. The van der Waals surface area contributed by atoms with Gasteiger partial charge in [0.1, 0.15) is 23.8 Å². The number of hydrogen-bond donors (Lipinski definition) is 2. The molecule has 1 unspecified atom stereocenters. The Bertz CT molecular complexity index is 2990. The number of anilines is 4. The van der Waals surface area contributed by atoms with Crippen LogP contribution >= 0.6 is 11.6 Å². The van der Waals surface area contributed by atoms with E-state index in [4.69, 9.17) is 40.3 Å². The van der Waals surface area contributed by atoms with E-state index in [1.54, 1.807) is 13.2 Å². The second-order valence-corrected chi connectivity index (χ2v) is 28.7. The molecule has 0 spiro atoms. The maximum atomic E-state index is 14.6. The summed E-state index contributed by atoms with van der Waals surface area (Å²) in [5, 5.41) is 16.8. The minimum Gasteiger partial charge on any atom is -0.476 e. The number of pyridine rings is 1. The molecule has 2 fully saturated rings. The van der Waals surface area contributed by atoms with Crippen molar-refractivity contribution in [3.8, 4) is 5.88 Å². The molecule has 2 N–H and O–H groups in total. The molecule has 0 radical (unpaired) electrons. The van der Waals surface area contributed by atoms with E-state index in [1.165, 1.54) is 28.8 Å². The van der Waals surface area contributed by atoms with Crippen molar-refractivity contribution in [3.05, 3.63) is 111 Å². The smallest absolute Gasteiger partial charge is 0.293 e. The van der Waals surface area contributed by atoms with Crippen LogP contribution in [-0.4, -0.2) is 139 Å². The molecule has 21 heteroatoms. The number of hydrogen-bond acceptors (Lipinski definition) is 15. The molecule has 5 aromatic rings. The van der Waals surface area contributed by atoms with Crippen molar-refractivity contribution in [1.82, 2.24) is 19.2 Å². The van der Waals surface area contributed by atoms with Crippen LogP contribution in [0.3, 0.4) is 0 Å². The average molecular weight is 1070 g/mol. The lowest BCUT2D eigenvalue weighted by Crippen LogP contribution is -2.47. The summed E-state index contributed by atoms with van der Waals surface area (Å²) in [7, 11) is -4.13. The van der Waals surface area contributed by atoms with Gasteiger partial charge in [0.2, 0.25) is 5.88 Å². The summed E-state index contributed by atoms with van der Waals surface area (Å²) in [4.78, 5) is 37.5. The Hall–Kier alpha value is -5.58. The number of fused-ring (bicyclic) bond motifs is 2. The number of benzene rings is 3. The van der Waals surface area contributed by atoms with Crippen molar-refractivity contribution in [3.63, 3.8) is 0 Å². The van der Waals surface area contributed by atoms with Crippen LogP contribution in [0.25, 0.3) is 16.6 Å². The number of aromatic nitrogens is 2. The number of carbonyl (C=O) groups excluding carboxylic acids is 1. The maximum Gasteiger partial charge on any atom is 0.293 e. The highest BCUT2D eigenvalue weighted by atomic mass is 35.5. The summed E-state index contributed by atoms with van der Waals surface area (Å²) < 4.78 is 61.9. The summed E-state index contributed by atoms with van der Waals surface area (Å²) in [6.07, 6.45) is 4.84. The minimum absolute atomic E-state index is 0.0833. The summed E-state index contributed by atoms with van der Waals surface area (Å²) >= 11 is 6.29. The lowest BCUT2D eigenvalue weighted by molar-refractivity contribution is -0.384. The number of nitrogens with one attached hydrogen (secondary N) is 2. The predicted octanol–water partition coefficient (Wildman–Crippen LogP) is 8.94. The summed E-state index contributed by atoms with van der Waals surface area (Å²) in [6.45, 7) is 16.0. The molecule has 1 aliphatic carbocycles. The van der Waals surface area contributed by atoms with Gasteiger partial charge in [0, 0.05) is 96.0 Å². The van der Waals surface area contributed by atoms with Crippen molar-refractivity contribution >= 4 is 80.6 Å². The number of nitro groups is 1. The van der Waals surface area contributed by atoms with Crippen molar-refractivity contribution < 1.29 is 41.8 Å². The number of methoxy groups -OCH3 is 1. The van der Waals surface area contributed by atoms with Crippen LogP contribution in [0.15, 0.2) is 89.5 Å². The van der Waals surface area contributed by atoms with E-state index >= 15 is 0 Å². The lowest BCUT2D eigenvalue weighted by atomic mass is 9.79. The van der Waals surface area contributed by atoms with Crippen LogP contribution in [0.4, 0.5) is 28.4 Å². The van der Waals surface area contributed by atoms with Gasteiger partial charge in [-0.3, -0.25) is 19.8 Å². The van der Waals surface area contributed by atoms with Gasteiger partial charge in [-0.2, -0.15) is 4.98 Å². The van der Waals surface area contributed by atoms with Gasteiger partial charge in [-0.1, -0.05) is 43.4 Å². The molecule has 9 rings (SSSR count). The SMILES string of the molecule is COC1(C)CCC(c2ccc(Cl)cc2)=C(CN2CCN(c3ccc(C(=O)NS(=O)(=O)c4ccc(NC[C@H]5COCCO5)c([N+](=O)[O-])c4)c(N4CCCOc5nc6c(ccn6COCC[Si](C)(C)C)cc54)c3)CC2)C1. The van der Waals surface area contributed by atoms with E-state index in [0.717, 1.165) is 62.1 Å². The molecular weight excluding hydrogens is 1000 g/mol. The van der Waals surface area contributed by atoms with Gasteiger partial charge >= 0.3 is 0 Å². The third kappa shape index (κ3) is 12.6. The summed E-state index contributed by atoms with van der Waals surface area (Å²) in [5.41, 5.74) is 5.98. The molecule has 74 heavy (non-hydrogen) atoms. The maximum absolute atomic E-state index is 14.6. The van der Waals surface area contributed by atoms with Gasteiger partial charge in [0.05, 0.1) is 59.2 Å². The van der Waals surface area contributed by atoms with E-state index < -0.39 is 39.5 Å². The molecule has 18 nitrogen and oxygen atoms in total. The molecule has 5 heterocycles. The van der Waals surface area contributed by atoms with Crippen LogP contribution in [0.5, 0.6) is 5.88 Å². The van der Waals surface area contributed by atoms with Crippen molar-refractivity contribution in [2.45, 2.75) is 81.6 Å². The Morgan fingerprint density at radius 1 is 0.986 bits per heavy atom. The summed E-state index contributed by atoms with van der Waals surface area (Å²) in [6, 6.07) is 22.0. The van der Waals surface area contributed by atoms with Gasteiger partial charge in [-0.05, 0) is 110 Å². The van der Waals surface area contributed by atoms with E-state index in [9.17, 15) is 23.3 Å². The Balaban J connectivity index is 1.00. The number of rotatable bonds is 18. The average Bonchev–Trinajstić information content (AvgIpc) is 3.66. The lowest BCUT2D eigenvalue weighted by Gasteiger charge is -2.40. The second kappa shape index (κ2) is 22.7. The summed E-state index contributed by atoms with van der Waals surface area (Å²) in [5.74, 6) is -0.531. The van der Waals surface area contributed by atoms with Crippen molar-refractivity contribution in [1.29, 1.82) is 0 Å². The number of ether oxygens (including phenoxy) is 5. The van der Waals surface area contributed by atoms with Gasteiger partial charge in [0.25, 0.3) is 21.6 Å².